The number of hydrogen-bond donors (Lipinski definition) is 4. The predicted molar refractivity (Wildman–Crippen MR) is 102 cm³/mol. The summed E-state index contributed by atoms with van der Waals surface area (Å²) in [6, 6.07) is 13.8. The van der Waals surface area contributed by atoms with E-state index in [0.717, 1.165) is 0 Å². The van der Waals surface area contributed by atoms with Gasteiger partial charge in [-0.1, -0.05) is 6.07 Å². The Morgan fingerprint density at radius 3 is 2.54 bits per heavy atom. The van der Waals surface area contributed by atoms with Crippen molar-refractivity contribution in [3.05, 3.63) is 59.7 Å². The molecule has 1 atom stereocenters. The number of aliphatic carboxylic acids is 1. The van der Waals surface area contributed by atoms with Gasteiger partial charge in [-0.2, -0.15) is 5.26 Å². The maximum Gasteiger partial charge on any atom is 0.305 e. The molecule has 0 bridgehead atoms. The fourth-order valence-corrected chi connectivity index (χ4v) is 2.32. The molecule has 9 nitrogen and oxygen atoms in total. The van der Waals surface area contributed by atoms with E-state index in [0.29, 0.717) is 22.6 Å². The summed E-state index contributed by atoms with van der Waals surface area (Å²) >= 11 is 0. The van der Waals surface area contributed by atoms with Gasteiger partial charge in [-0.15, -0.1) is 0 Å². The number of hydrogen-bond acceptors (Lipinski definition) is 5. The van der Waals surface area contributed by atoms with Crippen LogP contribution in [0.15, 0.2) is 53.5 Å². The molecule has 144 valence electrons. The quantitative estimate of drug-likeness (QED) is 0.393. The second-order valence-corrected chi connectivity index (χ2v) is 5.80. The van der Waals surface area contributed by atoms with Crippen molar-refractivity contribution in [2.45, 2.75) is 12.5 Å². The van der Waals surface area contributed by atoms with Gasteiger partial charge in [-0.25, -0.2) is 4.99 Å². The van der Waals surface area contributed by atoms with Crippen LogP contribution in [0.1, 0.15) is 22.3 Å². The number of rotatable bonds is 8. The number of carboxylic acid groups (broad SMARTS) is 1. The van der Waals surface area contributed by atoms with Gasteiger partial charge in [0.15, 0.2) is 5.96 Å². The topological polar surface area (TPSA) is 164 Å². The van der Waals surface area contributed by atoms with E-state index in [4.69, 9.17) is 26.6 Å². The standard InChI is InChI=1S/C19H19N5O4/c20-10-12-2-1-3-16(8-12)28-11-15(9-17(25)26)23-18(27)13-4-6-14(7-5-13)24-19(21)22/h1-8,15H,9,11H2,(H,23,27)(H,25,26)(H4,21,22,24)/t15-/m1/s1. The summed E-state index contributed by atoms with van der Waals surface area (Å²) in [5.41, 5.74) is 11.8. The van der Waals surface area contributed by atoms with Crippen LogP contribution in [0.2, 0.25) is 0 Å². The summed E-state index contributed by atoms with van der Waals surface area (Å²) in [5, 5.41) is 20.6. The largest absolute Gasteiger partial charge is 0.491 e. The van der Waals surface area contributed by atoms with Crippen LogP contribution in [0.3, 0.4) is 0 Å². The number of ether oxygens (including phenoxy) is 1. The van der Waals surface area contributed by atoms with E-state index >= 15 is 0 Å². The summed E-state index contributed by atoms with van der Waals surface area (Å²) in [7, 11) is 0. The highest BCUT2D eigenvalue weighted by Crippen LogP contribution is 2.15. The maximum absolute atomic E-state index is 12.4. The third kappa shape index (κ3) is 6.34. The number of carbonyl (C=O) groups is 2. The molecule has 1 amide bonds. The third-order valence-electron chi connectivity index (χ3n) is 3.56. The maximum atomic E-state index is 12.4. The molecule has 2 aromatic carbocycles. The summed E-state index contributed by atoms with van der Waals surface area (Å²) in [5.74, 6) is -1.23. The van der Waals surface area contributed by atoms with Crippen molar-refractivity contribution in [2.24, 2.45) is 16.5 Å². The fourth-order valence-electron chi connectivity index (χ4n) is 2.32. The molecule has 0 spiro atoms. The molecule has 0 aromatic heterocycles. The van der Waals surface area contributed by atoms with Gasteiger partial charge in [0.05, 0.1) is 29.8 Å². The molecule has 0 saturated carbocycles. The molecule has 0 aliphatic heterocycles. The Hall–Kier alpha value is -4.06. The van der Waals surface area contributed by atoms with Crippen LogP contribution in [0.5, 0.6) is 5.75 Å². The van der Waals surface area contributed by atoms with Crippen LogP contribution in [0.4, 0.5) is 5.69 Å². The highest BCUT2D eigenvalue weighted by atomic mass is 16.5. The lowest BCUT2D eigenvalue weighted by Gasteiger charge is -2.18. The number of nitrogens with zero attached hydrogens (tertiary/aromatic N) is 2. The van der Waals surface area contributed by atoms with Crippen molar-refractivity contribution in [2.75, 3.05) is 6.61 Å². The molecule has 0 fully saturated rings. The Bertz CT molecular complexity index is 915. The lowest BCUT2D eigenvalue weighted by molar-refractivity contribution is -0.137. The molecular formula is C19H19N5O4. The molecule has 0 saturated heterocycles. The van der Waals surface area contributed by atoms with E-state index in [1.54, 1.807) is 30.3 Å². The highest BCUT2D eigenvalue weighted by Gasteiger charge is 2.18. The third-order valence-corrected chi connectivity index (χ3v) is 3.56. The first kappa shape index (κ1) is 20.3. The van der Waals surface area contributed by atoms with E-state index in [-0.39, 0.29) is 19.0 Å². The van der Waals surface area contributed by atoms with Gasteiger partial charge in [-0.05, 0) is 42.5 Å². The van der Waals surface area contributed by atoms with Crippen molar-refractivity contribution < 1.29 is 19.4 Å². The first-order valence-electron chi connectivity index (χ1n) is 8.22. The van der Waals surface area contributed by atoms with Crippen molar-refractivity contribution in [3.8, 4) is 11.8 Å². The van der Waals surface area contributed by atoms with Gasteiger partial charge in [0.2, 0.25) is 0 Å². The average molecular weight is 381 g/mol. The van der Waals surface area contributed by atoms with Crippen LogP contribution in [-0.2, 0) is 4.79 Å². The number of aliphatic imine (C=N–C) groups is 1. The van der Waals surface area contributed by atoms with E-state index in [1.807, 2.05) is 6.07 Å². The minimum atomic E-state index is -1.08. The Balaban J connectivity index is 2.04. The van der Waals surface area contributed by atoms with Gasteiger partial charge < -0.3 is 26.6 Å². The first-order valence-corrected chi connectivity index (χ1v) is 8.22. The molecule has 6 N–H and O–H groups in total. The molecule has 0 aliphatic rings. The van der Waals surface area contributed by atoms with E-state index in [2.05, 4.69) is 10.3 Å². The van der Waals surface area contributed by atoms with Crippen LogP contribution in [0, 0.1) is 11.3 Å². The number of carboxylic acids is 1. The van der Waals surface area contributed by atoms with E-state index in [1.165, 1.54) is 18.2 Å². The minimum Gasteiger partial charge on any atom is -0.491 e. The second-order valence-electron chi connectivity index (χ2n) is 5.80. The lowest BCUT2D eigenvalue weighted by Crippen LogP contribution is -2.40. The zero-order valence-electron chi connectivity index (χ0n) is 14.8. The van der Waals surface area contributed by atoms with Gasteiger partial charge >= 0.3 is 5.97 Å². The number of carbonyl (C=O) groups excluding carboxylic acids is 1. The Labute approximate surface area is 161 Å². The fraction of sp³-hybridized carbons (Fsp3) is 0.158. The monoisotopic (exact) mass is 381 g/mol. The number of benzene rings is 2. The van der Waals surface area contributed by atoms with Crippen LogP contribution < -0.4 is 21.5 Å². The van der Waals surface area contributed by atoms with Gasteiger partial charge in [-0.3, -0.25) is 9.59 Å². The lowest BCUT2D eigenvalue weighted by atomic mass is 10.1. The minimum absolute atomic E-state index is 0.0704. The van der Waals surface area contributed by atoms with Crippen molar-refractivity contribution >= 4 is 23.5 Å². The number of nitrogens with two attached hydrogens (primary N) is 2. The first-order chi connectivity index (χ1) is 13.4. The average Bonchev–Trinajstić information content (AvgIpc) is 2.66. The molecule has 2 rings (SSSR count). The van der Waals surface area contributed by atoms with Crippen molar-refractivity contribution in [1.82, 2.24) is 5.32 Å². The summed E-state index contributed by atoms with van der Waals surface area (Å²) in [4.78, 5) is 27.3. The SMILES string of the molecule is N#Cc1cccc(OC[C@@H](CC(=O)O)NC(=O)c2ccc(N=C(N)N)cc2)c1. The molecule has 2 aromatic rings. The smallest absolute Gasteiger partial charge is 0.305 e. The van der Waals surface area contributed by atoms with Gasteiger partial charge in [0, 0.05) is 5.56 Å². The van der Waals surface area contributed by atoms with Crippen LogP contribution in [-0.4, -0.2) is 35.6 Å². The van der Waals surface area contributed by atoms with Crippen molar-refractivity contribution in [3.63, 3.8) is 0 Å². The molecule has 0 unspecified atom stereocenters. The number of nitrogens with one attached hydrogen (secondary N) is 1. The molecule has 0 heterocycles. The van der Waals surface area contributed by atoms with Crippen LogP contribution in [0.25, 0.3) is 0 Å². The zero-order valence-corrected chi connectivity index (χ0v) is 14.8. The Morgan fingerprint density at radius 1 is 1.21 bits per heavy atom. The summed E-state index contributed by atoms with van der Waals surface area (Å²) < 4.78 is 5.54. The Kier molecular flexibility index (Phi) is 6.93. The van der Waals surface area contributed by atoms with E-state index in [9.17, 15) is 9.59 Å². The molecular weight excluding hydrogens is 362 g/mol. The normalized spacial score (nSPS) is 11.0. The van der Waals surface area contributed by atoms with Gasteiger partial charge in [0.1, 0.15) is 12.4 Å². The highest BCUT2D eigenvalue weighted by molar-refractivity contribution is 5.95. The number of amides is 1. The molecule has 28 heavy (non-hydrogen) atoms. The molecule has 0 aliphatic carbocycles. The molecule has 9 heteroatoms. The van der Waals surface area contributed by atoms with E-state index < -0.39 is 17.9 Å². The Morgan fingerprint density at radius 2 is 1.93 bits per heavy atom. The van der Waals surface area contributed by atoms with Crippen molar-refractivity contribution in [1.29, 1.82) is 5.26 Å². The summed E-state index contributed by atoms with van der Waals surface area (Å²) in [6.07, 6.45) is -0.324. The summed E-state index contributed by atoms with van der Waals surface area (Å²) in [6.45, 7) is -0.0704. The zero-order chi connectivity index (χ0) is 20.5. The number of nitriles is 1. The van der Waals surface area contributed by atoms with Crippen LogP contribution >= 0.6 is 0 Å². The number of guanidine groups is 1. The second kappa shape index (κ2) is 9.59. The molecule has 0 radical (unpaired) electrons. The predicted octanol–water partition coefficient (Wildman–Crippen LogP) is 1.12. The van der Waals surface area contributed by atoms with Gasteiger partial charge in [0.25, 0.3) is 5.91 Å².